The summed E-state index contributed by atoms with van der Waals surface area (Å²) in [4.78, 5) is 109. The third kappa shape index (κ3) is 12.0. The first kappa shape index (κ1) is 64.2. The van der Waals surface area contributed by atoms with Crippen LogP contribution in [-0.4, -0.2) is 148 Å². The zero-order valence-corrected chi connectivity index (χ0v) is 51.9. The van der Waals surface area contributed by atoms with Crippen LogP contribution in [0.2, 0.25) is 0 Å². The lowest BCUT2D eigenvalue weighted by atomic mass is 9.98. The van der Waals surface area contributed by atoms with Gasteiger partial charge >= 0.3 is 35.2 Å². The van der Waals surface area contributed by atoms with E-state index >= 15 is 4.79 Å². The number of esters is 1. The molecule has 30 heteroatoms. The standard InChI is InChI=1S/C61H66N6O22S2/c1-29-40-51(72)67(59(79)65(52(40)90-46(29)48-62-20-25-83-48)28-38(85-32-18-23-82-24-19-32)34-13-9-11-15-36(34)80-7)61(5,6)57(77)89-55-43(70)42(69)44(45(88-55)54(73)74)86-39-26-63-49(87-39)47-30(2)41-50(71)66(60(3,4)56(75)76)58(78)64(53(41)91-47)27-37(33-12-8-10-14-35(33)68)84-31-16-21-81-22-17-31/h8-15,20,25-26,31-32,37-38,42-45,55,68-70H,16-19,21-24,27-28H2,1-7H3,(H,73,74)(H,75,76)/t37-,38-,42?,43?,44?,45?,55?/m0/s1. The molecule has 3 aliphatic heterocycles. The van der Waals surface area contributed by atoms with Gasteiger partial charge < -0.3 is 72.3 Å². The minimum absolute atomic E-state index is 0.0193. The zero-order chi connectivity index (χ0) is 65.0. The van der Waals surface area contributed by atoms with Crippen molar-refractivity contribution in [1.82, 2.24) is 28.2 Å². The molecule has 3 fully saturated rings. The molecule has 5 N–H and O–H groups in total. The highest BCUT2D eigenvalue weighted by atomic mass is 32.1. The second-order valence-electron chi connectivity index (χ2n) is 23.2. The van der Waals surface area contributed by atoms with Crippen LogP contribution in [0.3, 0.4) is 0 Å². The van der Waals surface area contributed by atoms with Gasteiger partial charge in [0.1, 0.15) is 69.1 Å². The number of aryl methyl sites for hydroxylation is 2. The summed E-state index contributed by atoms with van der Waals surface area (Å²) in [7, 11) is 1.49. The number of aromatic nitrogens is 6. The number of benzene rings is 2. The average molecular weight is 1300 g/mol. The fourth-order valence-corrected chi connectivity index (χ4v) is 14.0. The fraction of sp³-hybridized carbons (Fsp3) is 0.459. The van der Waals surface area contributed by atoms with Gasteiger partial charge in [0.15, 0.2) is 12.2 Å². The molecule has 28 nitrogen and oxygen atoms in total. The number of aliphatic hydroxyl groups is 2. The molecule has 2 aromatic carbocycles. The van der Waals surface area contributed by atoms with E-state index in [2.05, 4.69) is 9.97 Å². The topological polar surface area (TPSA) is 366 Å². The molecule has 0 aliphatic carbocycles. The molecule has 8 aromatic rings. The third-order valence-electron chi connectivity index (χ3n) is 16.7. The molecule has 11 rings (SSSR count). The van der Waals surface area contributed by atoms with Gasteiger partial charge in [0.05, 0.1) is 59.1 Å². The van der Waals surface area contributed by atoms with E-state index < -0.39 is 100 Å². The Kier molecular flexibility index (Phi) is 18.2. The minimum Gasteiger partial charge on any atom is -0.508 e. The number of carboxylic acids is 2. The normalized spacial score (nSPS) is 20.2. The van der Waals surface area contributed by atoms with Crippen LogP contribution in [0.4, 0.5) is 0 Å². The molecule has 484 valence electrons. The number of nitrogens with zero attached hydrogens (tertiary/aromatic N) is 6. The quantitative estimate of drug-likeness (QED) is 0.0566. The lowest BCUT2D eigenvalue weighted by molar-refractivity contribution is -0.285. The first-order valence-electron chi connectivity index (χ1n) is 29.1. The summed E-state index contributed by atoms with van der Waals surface area (Å²) in [6.45, 7) is 9.07. The number of oxazole rings is 2. The van der Waals surface area contributed by atoms with Crippen molar-refractivity contribution in [3.8, 4) is 39.0 Å². The Morgan fingerprint density at radius 3 is 1.77 bits per heavy atom. The van der Waals surface area contributed by atoms with E-state index in [0.29, 0.717) is 88.6 Å². The summed E-state index contributed by atoms with van der Waals surface area (Å²) in [5.74, 6) is -4.97. The number of aliphatic hydroxyl groups excluding tert-OH is 2. The van der Waals surface area contributed by atoms with Crippen molar-refractivity contribution >= 4 is 61.0 Å². The lowest BCUT2D eigenvalue weighted by Crippen LogP contribution is -2.63. The Bertz CT molecular complexity index is 4300. The second-order valence-corrected chi connectivity index (χ2v) is 25.2. The van der Waals surface area contributed by atoms with Crippen molar-refractivity contribution in [3.05, 3.63) is 131 Å². The number of para-hydroxylation sites is 2. The number of aromatic hydroxyl groups is 1. The monoisotopic (exact) mass is 1300 g/mol. The number of rotatable bonds is 21. The number of fused-ring (bicyclic) bond motifs is 2. The minimum atomic E-state index is -2.27. The maximum Gasteiger partial charge on any atom is 0.337 e. The fourth-order valence-electron chi connectivity index (χ4n) is 11.5. The molecule has 9 heterocycles. The molecule has 3 saturated heterocycles. The molecule has 6 aromatic heterocycles. The van der Waals surface area contributed by atoms with Gasteiger partial charge in [-0.25, -0.2) is 43.1 Å². The number of phenolic OH excluding ortho intramolecular Hbond substituents is 1. The summed E-state index contributed by atoms with van der Waals surface area (Å²) in [5, 5.41) is 55.3. The van der Waals surface area contributed by atoms with E-state index in [0.717, 1.165) is 28.9 Å². The molecule has 0 radical (unpaired) electrons. The summed E-state index contributed by atoms with van der Waals surface area (Å²) in [5.41, 5.74) is -6.81. The zero-order valence-electron chi connectivity index (χ0n) is 50.3. The highest BCUT2D eigenvalue weighted by Crippen LogP contribution is 2.42. The van der Waals surface area contributed by atoms with Crippen LogP contribution in [0.15, 0.2) is 95.2 Å². The Morgan fingerprint density at radius 1 is 0.714 bits per heavy atom. The first-order valence-corrected chi connectivity index (χ1v) is 30.7. The molecule has 0 bridgehead atoms. The van der Waals surface area contributed by atoms with Gasteiger partial charge in [-0.15, -0.1) is 22.7 Å². The molecule has 0 saturated carbocycles. The van der Waals surface area contributed by atoms with E-state index in [9.17, 15) is 54.3 Å². The van der Waals surface area contributed by atoms with E-state index in [1.807, 2.05) is 0 Å². The van der Waals surface area contributed by atoms with Crippen LogP contribution in [-0.2, 0) is 67.0 Å². The number of methoxy groups -OCH3 is 1. The molecule has 5 unspecified atom stereocenters. The predicted molar refractivity (Wildman–Crippen MR) is 323 cm³/mol. The van der Waals surface area contributed by atoms with E-state index in [4.69, 9.17) is 46.7 Å². The van der Waals surface area contributed by atoms with Crippen molar-refractivity contribution < 1.29 is 86.6 Å². The number of carbonyl (C=O) groups excluding carboxylic acids is 1. The third-order valence-corrected chi connectivity index (χ3v) is 19.3. The van der Waals surface area contributed by atoms with Gasteiger partial charge in [-0.1, -0.05) is 36.4 Å². The van der Waals surface area contributed by atoms with E-state index in [-0.39, 0.29) is 73.7 Å². The van der Waals surface area contributed by atoms with Gasteiger partial charge in [-0.3, -0.25) is 18.7 Å². The Morgan fingerprint density at radius 2 is 1.24 bits per heavy atom. The van der Waals surface area contributed by atoms with Gasteiger partial charge in [0, 0.05) is 37.6 Å². The highest BCUT2D eigenvalue weighted by Gasteiger charge is 2.53. The van der Waals surface area contributed by atoms with Crippen molar-refractivity contribution in [1.29, 1.82) is 0 Å². The van der Waals surface area contributed by atoms with Crippen molar-refractivity contribution in [2.75, 3.05) is 33.5 Å². The van der Waals surface area contributed by atoms with Gasteiger partial charge in [-0.2, -0.15) is 0 Å². The molecule has 91 heavy (non-hydrogen) atoms. The first-order chi connectivity index (χ1) is 43.4. The van der Waals surface area contributed by atoms with Crippen LogP contribution >= 0.6 is 22.7 Å². The van der Waals surface area contributed by atoms with Gasteiger partial charge in [-0.05, 0) is 90.5 Å². The molecule has 0 spiro atoms. The van der Waals surface area contributed by atoms with Crippen LogP contribution in [0, 0.1) is 13.8 Å². The van der Waals surface area contributed by atoms with Crippen LogP contribution in [0.5, 0.6) is 17.4 Å². The van der Waals surface area contributed by atoms with E-state index in [1.54, 1.807) is 49.4 Å². The SMILES string of the molecule is COc1ccccc1[C@H](Cn1c(=O)n(C(C)(C)C(=O)OC2OC(C(=O)O)C(Oc3cnc(-c4sc5c(c4C)c(=O)n(C(C)(C)C(=O)O)c(=O)n5C[C@H](OC4CCOCC4)c4ccccc4O)o3)C(O)C2O)c(=O)c2c(C)c(-c3ncco3)sc21)OC1CCOCC1. The summed E-state index contributed by atoms with van der Waals surface area (Å²) >= 11 is 1.93. The van der Waals surface area contributed by atoms with Crippen LogP contribution < -0.4 is 32.0 Å². The Hall–Kier alpha value is -8.33. The Labute approximate surface area is 523 Å². The molecular weight excluding hydrogens is 1230 g/mol. The van der Waals surface area contributed by atoms with Gasteiger partial charge in [0.25, 0.3) is 11.1 Å². The highest BCUT2D eigenvalue weighted by molar-refractivity contribution is 7.22. The Balaban J connectivity index is 0.894. The molecular formula is C61H66N6O22S2. The second kappa shape index (κ2) is 25.7. The number of hydrogen-bond donors (Lipinski definition) is 5. The average Bonchev–Trinajstić information content (AvgIpc) is 1.65. The van der Waals surface area contributed by atoms with Crippen molar-refractivity contribution in [3.63, 3.8) is 0 Å². The maximum absolute atomic E-state index is 15.3. The number of carboxylic acid groups (broad SMARTS) is 2. The van der Waals surface area contributed by atoms with Gasteiger partial charge in [0.2, 0.25) is 18.1 Å². The van der Waals surface area contributed by atoms with Crippen molar-refractivity contribution in [2.24, 2.45) is 0 Å². The number of ether oxygens (including phenoxy) is 8. The summed E-state index contributed by atoms with van der Waals surface area (Å²) in [6.07, 6.45) is -7.72. The number of phenols is 1. The summed E-state index contributed by atoms with van der Waals surface area (Å²) in [6, 6.07) is 13.4. The number of thiophene rings is 2. The maximum atomic E-state index is 15.3. The molecule has 3 aliphatic rings. The number of aliphatic carboxylic acids is 2. The smallest absolute Gasteiger partial charge is 0.337 e. The largest absolute Gasteiger partial charge is 0.508 e. The summed E-state index contributed by atoms with van der Waals surface area (Å²) < 4.78 is 62.8. The van der Waals surface area contributed by atoms with Crippen LogP contribution in [0.1, 0.15) is 87.8 Å². The lowest BCUT2D eigenvalue weighted by Gasteiger charge is -2.40. The predicted octanol–water partition coefficient (Wildman–Crippen LogP) is 5.35. The number of hydrogen-bond acceptors (Lipinski definition) is 24. The molecule has 7 atom stereocenters. The van der Waals surface area contributed by atoms with E-state index in [1.165, 1.54) is 69.4 Å². The number of carbonyl (C=O) groups is 3. The molecule has 0 amide bonds. The van der Waals surface area contributed by atoms with Crippen molar-refractivity contribution in [2.45, 2.75) is 147 Å². The van der Waals surface area contributed by atoms with Crippen LogP contribution in [0.25, 0.3) is 42.0 Å².